The van der Waals surface area contributed by atoms with E-state index in [2.05, 4.69) is 19.2 Å². The minimum absolute atomic E-state index is 0.558. The lowest BCUT2D eigenvalue weighted by Gasteiger charge is -2.23. The van der Waals surface area contributed by atoms with Crippen LogP contribution < -0.4 is 5.32 Å². The minimum atomic E-state index is -0.827. The van der Waals surface area contributed by atoms with Gasteiger partial charge in [0, 0.05) is 11.4 Å². The molecule has 0 aliphatic heterocycles. The molecular formula is C11H18ClNOS. The predicted molar refractivity (Wildman–Crippen MR) is 66.6 cm³/mol. The van der Waals surface area contributed by atoms with Crippen molar-refractivity contribution in [2.45, 2.75) is 26.4 Å². The molecule has 1 aromatic heterocycles. The van der Waals surface area contributed by atoms with Gasteiger partial charge in [0.25, 0.3) is 0 Å². The standard InChI is InChI=1S/C11H18ClNOS/c1-8(2)6-13-7-11(3,14)9-4-5-10(12)15-9/h4-5,8,13-14H,6-7H2,1-3H3. The van der Waals surface area contributed by atoms with Gasteiger partial charge in [0.2, 0.25) is 0 Å². The van der Waals surface area contributed by atoms with Crippen molar-refractivity contribution < 1.29 is 5.11 Å². The Balaban J connectivity index is 2.51. The number of aliphatic hydroxyl groups is 1. The molecule has 1 rings (SSSR count). The van der Waals surface area contributed by atoms with Crippen LogP contribution in [0.25, 0.3) is 0 Å². The van der Waals surface area contributed by atoms with Crippen LogP contribution in [-0.2, 0) is 5.60 Å². The Kier molecular flexibility index (Phi) is 4.59. The molecule has 1 heterocycles. The molecule has 0 aliphatic carbocycles. The maximum absolute atomic E-state index is 10.2. The van der Waals surface area contributed by atoms with Crippen molar-refractivity contribution in [1.82, 2.24) is 5.32 Å². The second-order valence-electron chi connectivity index (χ2n) is 4.40. The van der Waals surface area contributed by atoms with Crippen molar-refractivity contribution in [3.05, 3.63) is 21.3 Å². The first-order chi connectivity index (χ1) is 6.92. The first-order valence-corrected chi connectivity index (χ1v) is 6.30. The van der Waals surface area contributed by atoms with E-state index in [0.717, 1.165) is 11.4 Å². The van der Waals surface area contributed by atoms with Crippen molar-refractivity contribution in [2.24, 2.45) is 5.92 Å². The summed E-state index contributed by atoms with van der Waals surface area (Å²) in [5, 5.41) is 13.4. The van der Waals surface area contributed by atoms with E-state index in [1.165, 1.54) is 11.3 Å². The first-order valence-electron chi connectivity index (χ1n) is 5.11. The average Bonchev–Trinajstić information content (AvgIpc) is 2.51. The smallest absolute Gasteiger partial charge is 0.108 e. The molecule has 2 nitrogen and oxygen atoms in total. The Morgan fingerprint density at radius 2 is 2.20 bits per heavy atom. The van der Waals surface area contributed by atoms with Crippen molar-refractivity contribution in [1.29, 1.82) is 0 Å². The molecule has 0 radical (unpaired) electrons. The average molecular weight is 248 g/mol. The highest BCUT2D eigenvalue weighted by molar-refractivity contribution is 7.16. The third-order valence-electron chi connectivity index (χ3n) is 2.13. The van der Waals surface area contributed by atoms with Gasteiger partial charge in [-0.05, 0) is 31.5 Å². The van der Waals surface area contributed by atoms with Gasteiger partial charge in [-0.15, -0.1) is 11.3 Å². The highest BCUT2D eigenvalue weighted by Crippen LogP contribution is 2.30. The van der Waals surface area contributed by atoms with E-state index < -0.39 is 5.60 Å². The van der Waals surface area contributed by atoms with E-state index in [0.29, 0.717) is 16.8 Å². The molecule has 0 saturated heterocycles. The third kappa shape index (κ3) is 4.11. The van der Waals surface area contributed by atoms with Gasteiger partial charge in [0.15, 0.2) is 0 Å². The molecular weight excluding hydrogens is 230 g/mol. The number of hydrogen-bond acceptors (Lipinski definition) is 3. The van der Waals surface area contributed by atoms with E-state index in [4.69, 9.17) is 11.6 Å². The quantitative estimate of drug-likeness (QED) is 0.839. The van der Waals surface area contributed by atoms with Gasteiger partial charge in [-0.2, -0.15) is 0 Å². The summed E-state index contributed by atoms with van der Waals surface area (Å²) in [7, 11) is 0. The Hall–Kier alpha value is -0.0900. The monoisotopic (exact) mass is 247 g/mol. The fourth-order valence-corrected chi connectivity index (χ4v) is 2.38. The van der Waals surface area contributed by atoms with Crippen molar-refractivity contribution in [3.63, 3.8) is 0 Å². The summed E-state index contributed by atoms with van der Waals surface area (Å²) in [6.07, 6.45) is 0. The molecule has 0 saturated carbocycles. The minimum Gasteiger partial charge on any atom is -0.383 e. The van der Waals surface area contributed by atoms with E-state index >= 15 is 0 Å². The summed E-state index contributed by atoms with van der Waals surface area (Å²) in [6, 6.07) is 3.70. The fraction of sp³-hybridized carbons (Fsp3) is 0.636. The molecule has 0 amide bonds. The lowest BCUT2D eigenvalue weighted by Crippen LogP contribution is -2.36. The van der Waals surface area contributed by atoms with Crippen molar-refractivity contribution >= 4 is 22.9 Å². The molecule has 1 atom stereocenters. The molecule has 4 heteroatoms. The van der Waals surface area contributed by atoms with Crippen LogP contribution in [0, 0.1) is 5.92 Å². The van der Waals surface area contributed by atoms with E-state index in [-0.39, 0.29) is 0 Å². The Labute approximate surface area is 100 Å². The van der Waals surface area contributed by atoms with Gasteiger partial charge in [-0.25, -0.2) is 0 Å². The van der Waals surface area contributed by atoms with Crippen LogP contribution in [-0.4, -0.2) is 18.2 Å². The maximum atomic E-state index is 10.2. The van der Waals surface area contributed by atoms with Crippen LogP contribution >= 0.6 is 22.9 Å². The second-order valence-corrected chi connectivity index (χ2v) is 6.12. The number of hydrogen-bond donors (Lipinski definition) is 2. The Morgan fingerprint density at radius 1 is 1.53 bits per heavy atom. The van der Waals surface area contributed by atoms with Crippen LogP contribution in [0.5, 0.6) is 0 Å². The van der Waals surface area contributed by atoms with Gasteiger partial charge < -0.3 is 10.4 Å². The molecule has 2 N–H and O–H groups in total. The lowest BCUT2D eigenvalue weighted by molar-refractivity contribution is 0.0602. The summed E-state index contributed by atoms with van der Waals surface area (Å²) in [4.78, 5) is 0.906. The SMILES string of the molecule is CC(C)CNCC(C)(O)c1ccc(Cl)s1. The predicted octanol–water partition coefficient (Wildman–Crippen LogP) is 2.85. The summed E-state index contributed by atoms with van der Waals surface area (Å²) < 4.78 is 0.717. The Bertz CT molecular complexity index is 309. The summed E-state index contributed by atoms with van der Waals surface area (Å²) >= 11 is 7.27. The van der Waals surface area contributed by atoms with Gasteiger partial charge in [0.1, 0.15) is 5.60 Å². The molecule has 86 valence electrons. The van der Waals surface area contributed by atoms with E-state index in [1.807, 2.05) is 19.1 Å². The van der Waals surface area contributed by atoms with Crippen LogP contribution in [0.2, 0.25) is 4.34 Å². The van der Waals surface area contributed by atoms with Crippen molar-refractivity contribution in [2.75, 3.05) is 13.1 Å². The number of rotatable bonds is 5. The van der Waals surface area contributed by atoms with Crippen LogP contribution in [0.1, 0.15) is 25.6 Å². The molecule has 0 spiro atoms. The normalized spacial score (nSPS) is 15.6. The maximum Gasteiger partial charge on any atom is 0.108 e. The summed E-state index contributed by atoms with van der Waals surface area (Å²) in [5.74, 6) is 0.590. The lowest BCUT2D eigenvalue weighted by atomic mass is 10.1. The molecule has 0 bridgehead atoms. The summed E-state index contributed by atoms with van der Waals surface area (Å²) in [6.45, 7) is 7.56. The Morgan fingerprint density at radius 3 is 2.67 bits per heavy atom. The number of thiophene rings is 1. The topological polar surface area (TPSA) is 32.3 Å². The number of halogens is 1. The van der Waals surface area contributed by atoms with Crippen LogP contribution in [0.4, 0.5) is 0 Å². The van der Waals surface area contributed by atoms with E-state index in [1.54, 1.807) is 0 Å². The zero-order chi connectivity index (χ0) is 11.5. The molecule has 1 unspecified atom stereocenters. The van der Waals surface area contributed by atoms with Crippen LogP contribution in [0.3, 0.4) is 0 Å². The molecule has 0 aliphatic rings. The van der Waals surface area contributed by atoms with Crippen LogP contribution in [0.15, 0.2) is 12.1 Å². The van der Waals surface area contributed by atoms with E-state index in [9.17, 15) is 5.11 Å². The zero-order valence-electron chi connectivity index (χ0n) is 9.38. The highest BCUT2D eigenvalue weighted by atomic mass is 35.5. The van der Waals surface area contributed by atoms with Gasteiger partial charge in [0.05, 0.1) is 4.34 Å². The summed E-state index contributed by atoms with van der Waals surface area (Å²) in [5.41, 5.74) is -0.827. The largest absolute Gasteiger partial charge is 0.383 e. The molecule has 0 aromatic carbocycles. The highest BCUT2D eigenvalue weighted by Gasteiger charge is 2.24. The van der Waals surface area contributed by atoms with Crippen molar-refractivity contribution in [3.8, 4) is 0 Å². The molecule has 1 aromatic rings. The second kappa shape index (κ2) is 5.30. The van der Waals surface area contributed by atoms with Gasteiger partial charge >= 0.3 is 0 Å². The fourth-order valence-electron chi connectivity index (χ4n) is 1.30. The zero-order valence-corrected chi connectivity index (χ0v) is 11.0. The molecule has 0 fully saturated rings. The number of nitrogens with one attached hydrogen (secondary N) is 1. The first kappa shape index (κ1) is 13.0. The van der Waals surface area contributed by atoms with Gasteiger partial charge in [-0.1, -0.05) is 25.4 Å². The van der Waals surface area contributed by atoms with Gasteiger partial charge in [-0.3, -0.25) is 0 Å². The molecule has 15 heavy (non-hydrogen) atoms. The third-order valence-corrected chi connectivity index (χ3v) is 3.61.